The van der Waals surface area contributed by atoms with E-state index < -0.39 is 6.17 Å². The van der Waals surface area contributed by atoms with Crippen LogP contribution in [0.3, 0.4) is 0 Å². The summed E-state index contributed by atoms with van der Waals surface area (Å²) in [7, 11) is 1.70. The third kappa shape index (κ3) is 2.81. The van der Waals surface area contributed by atoms with Crippen molar-refractivity contribution >= 4 is 0 Å². The minimum absolute atomic E-state index is 0.0196. The van der Waals surface area contributed by atoms with Gasteiger partial charge in [0.2, 0.25) is 0 Å². The van der Waals surface area contributed by atoms with Crippen molar-refractivity contribution < 1.29 is 9.13 Å². The lowest BCUT2D eigenvalue weighted by molar-refractivity contribution is 0.0828. The fourth-order valence-corrected chi connectivity index (χ4v) is 2.32. The van der Waals surface area contributed by atoms with E-state index in [1.54, 1.807) is 7.11 Å². The van der Waals surface area contributed by atoms with E-state index in [2.05, 4.69) is 13.0 Å². The van der Waals surface area contributed by atoms with Gasteiger partial charge in [-0.05, 0) is 32.6 Å². The third-order valence-corrected chi connectivity index (χ3v) is 3.07. The van der Waals surface area contributed by atoms with Crippen LogP contribution in [0.2, 0.25) is 0 Å². The number of allylic oxidation sites excluding steroid dienone is 1. The number of hydrogen-bond donors (Lipinski definition) is 0. The maximum Gasteiger partial charge on any atom is 0.101 e. The molecule has 1 aliphatic carbocycles. The molecule has 0 fully saturated rings. The van der Waals surface area contributed by atoms with E-state index in [9.17, 15) is 4.39 Å². The largest absolute Gasteiger partial charge is 0.384 e. The molecular weight excluding hydrogens is 179 g/mol. The number of alkyl halides is 1. The van der Waals surface area contributed by atoms with E-state index in [4.69, 9.17) is 4.74 Å². The molecule has 14 heavy (non-hydrogen) atoms. The predicted octanol–water partition coefficient (Wildman–Crippen LogP) is 3.50. The van der Waals surface area contributed by atoms with E-state index in [-0.39, 0.29) is 5.41 Å². The van der Waals surface area contributed by atoms with Crippen LogP contribution >= 0.6 is 0 Å². The molecule has 0 bridgehead atoms. The molecule has 1 nitrogen and oxygen atoms in total. The minimum Gasteiger partial charge on any atom is -0.384 e. The van der Waals surface area contributed by atoms with E-state index in [1.807, 2.05) is 6.92 Å². The molecule has 0 spiro atoms. The van der Waals surface area contributed by atoms with Crippen molar-refractivity contribution in [2.45, 2.75) is 45.7 Å². The molecule has 0 saturated heterocycles. The molecule has 0 amide bonds. The molecule has 0 aromatic rings. The third-order valence-electron chi connectivity index (χ3n) is 3.07. The minimum atomic E-state index is -0.688. The summed E-state index contributed by atoms with van der Waals surface area (Å²) < 4.78 is 18.6. The van der Waals surface area contributed by atoms with Crippen LogP contribution in [0.5, 0.6) is 0 Å². The Kier molecular flexibility index (Phi) is 4.11. The van der Waals surface area contributed by atoms with Crippen molar-refractivity contribution in [2.75, 3.05) is 13.7 Å². The molecule has 82 valence electrons. The van der Waals surface area contributed by atoms with Gasteiger partial charge in [-0.2, -0.15) is 0 Å². The molecule has 0 aromatic carbocycles. The number of methoxy groups -OCH3 is 1. The number of hydrogen-bond acceptors (Lipinski definition) is 1. The molecule has 0 aliphatic heterocycles. The SMILES string of the molecule is CC[C@@H](F)C[C@]1(COC)C=C(C)CC1. The highest BCUT2D eigenvalue weighted by molar-refractivity contribution is 5.15. The zero-order valence-electron chi connectivity index (χ0n) is 9.48. The van der Waals surface area contributed by atoms with Crippen molar-refractivity contribution in [1.29, 1.82) is 0 Å². The van der Waals surface area contributed by atoms with Crippen LogP contribution in [-0.2, 0) is 4.74 Å². The fourth-order valence-electron chi connectivity index (χ4n) is 2.32. The van der Waals surface area contributed by atoms with Crippen LogP contribution in [0.4, 0.5) is 4.39 Å². The standard InChI is InChI=1S/C12H21FO/c1-4-11(13)8-12(9-14-3)6-5-10(2)7-12/h7,11H,4-6,8-9H2,1-3H3/t11-,12-/m1/s1. The van der Waals surface area contributed by atoms with Gasteiger partial charge in [0.25, 0.3) is 0 Å². The molecule has 0 saturated carbocycles. The van der Waals surface area contributed by atoms with Crippen molar-refractivity contribution in [3.8, 4) is 0 Å². The maximum absolute atomic E-state index is 13.4. The van der Waals surface area contributed by atoms with Crippen molar-refractivity contribution in [3.05, 3.63) is 11.6 Å². The monoisotopic (exact) mass is 200 g/mol. The summed E-state index contributed by atoms with van der Waals surface area (Å²) >= 11 is 0. The van der Waals surface area contributed by atoms with Gasteiger partial charge >= 0.3 is 0 Å². The summed E-state index contributed by atoms with van der Waals surface area (Å²) in [5.41, 5.74) is 1.36. The quantitative estimate of drug-likeness (QED) is 0.617. The molecule has 0 N–H and O–H groups in total. The molecule has 0 unspecified atom stereocenters. The molecule has 1 rings (SSSR count). The lowest BCUT2D eigenvalue weighted by Crippen LogP contribution is -2.25. The zero-order chi connectivity index (χ0) is 10.6. The van der Waals surface area contributed by atoms with Crippen LogP contribution in [0, 0.1) is 5.41 Å². The Labute approximate surface area is 86.3 Å². The smallest absolute Gasteiger partial charge is 0.101 e. The Hall–Kier alpha value is -0.370. The summed E-state index contributed by atoms with van der Waals surface area (Å²) in [6.45, 7) is 4.68. The number of rotatable bonds is 5. The molecule has 2 heteroatoms. The highest BCUT2D eigenvalue weighted by Crippen LogP contribution is 2.41. The number of halogens is 1. The first-order chi connectivity index (χ1) is 6.62. The van der Waals surface area contributed by atoms with Gasteiger partial charge in [0.15, 0.2) is 0 Å². The van der Waals surface area contributed by atoms with Gasteiger partial charge in [0, 0.05) is 12.5 Å². The Bertz CT molecular complexity index is 212. The van der Waals surface area contributed by atoms with E-state index in [1.165, 1.54) is 5.57 Å². The van der Waals surface area contributed by atoms with Crippen LogP contribution in [0.25, 0.3) is 0 Å². The average Bonchev–Trinajstić information content (AvgIpc) is 2.48. The normalized spacial score (nSPS) is 29.0. The van der Waals surface area contributed by atoms with Gasteiger partial charge in [-0.1, -0.05) is 18.6 Å². The summed E-state index contributed by atoms with van der Waals surface area (Å²) in [5.74, 6) is 0. The Morgan fingerprint density at radius 1 is 1.64 bits per heavy atom. The summed E-state index contributed by atoms with van der Waals surface area (Å²) in [6.07, 6.45) is 4.91. The second-order valence-corrected chi connectivity index (χ2v) is 4.50. The van der Waals surface area contributed by atoms with Gasteiger partial charge in [-0.25, -0.2) is 4.39 Å². The first-order valence-electron chi connectivity index (χ1n) is 5.43. The summed E-state index contributed by atoms with van der Waals surface area (Å²) in [4.78, 5) is 0. The Morgan fingerprint density at radius 2 is 2.36 bits per heavy atom. The molecule has 2 atom stereocenters. The van der Waals surface area contributed by atoms with Crippen LogP contribution < -0.4 is 0 Å². The first kappa shape index (κ1) is 11.7. The van der Waals surface area contributed by atoms with Crippen molar-refractivity contribution in [1.82, 2.24) is 0 Å². The summed E-state index contributed by atoms with van der Waals surface area (Å²) in [5, 5.41) is 0. The second kappa shape index (κ2) is 4.92. The average molecular weight is 200 g/mol. The lowest BCUT2D eigenvalue weighted by atomic mass is 9.82. The lowest BCUT2D eigenvalue weighted by Gasteiger charge is -2.27. The molecular formula is C12H21FO. The topological polar surface area (TPSA) is 9.23 Å². The van der Waals surface area contributed by atoms with Gasteiger partial charge < -0.3 is 4.74 Å². The molecule has 0 aromatic heterocycles. The molecule has 0 heterocycles. The van der Waals surface area contributed by atoms with Crippen molar-refractivity contribution in [3.63, 3.8) is 0 Å². The van der Waals surface area contributed by atoms with Gasteiger partial charge in [0.1, 0.15) is 6.17 Å². The summed E-state index contributed by atoms with van der Waals surface area (Å²) in [6, 6.07) is 0. The van der Waals surface area contributed by atoms with Gasteiger partial charge in [0.05, 0.1) is 6.61 Å². The van der Waals surface area contributed by atoms with E-state index in [0.29, 0.717) is 19.4 Å². The highest BCUT2D eigenvalue weighted by Gasteiger charge is 2.34. The maximum atomic E-state index is 13.4. The fraction of sp³-hybridized carbons (Fsp3) is 0.833. The first-order valence-corrected chi connectivity index (χ1v) is 5.43. The predicted molar refractivity (Wildman–Crippen MR) is 57.1 cm³/mol. The Morgan fingerprint density at radius 3 is 2.79 bits per heavy atom. The second-order valence-electron chi connectivity index (χ2n) is 4.50. The van der Waals surface area contributed by atoms with Crippen LogP contribution in [0.15, 0.2) is 11.6 Å². The zero-order valence-corrected chi connectivity index (χ0v) is 9.48. The van der Waals surface area contributed by atoms with E-state index >= 15 is 0 Å². The van der Waals surface area contributed by atoms with Gasteiger partial charge in [-0.15, -0.1) is 0 Å². The molecule has 1 aliphatic rings. The van der Waals surface area contributed by atoms with Gasteiger partial charge in [-0.3, -0.25) is 0 Å². The number of ether oxygens (including phenoxy) is 1. The highest BCUT2D eigenvalue weighted by atomic mass is 19.1. The van der Waals surface area contributed by atoms with Crippen LogP contribution in [0.1, 0.15) is 39.5 Å². The van der Waals surface area contributed by atoms with Crippen molar-refractivity contribution in [2.24, 2.45) is 5.41 Å². The molecule has 0 radical (unpaired) electrons. The van der Waals surface area contributed by atoms with Crippen LogP contribution in [-0.4, -0.2) is 19.9 Å². The van der Waals surface area contributed by atoms with E-state index in [0.717, 1.165) is 12.8 Å². The Balaban J connectivity index is 2.63.